The molecule has 6 nitrogen and oxygen atoms in total. The van der Waals surface area contributed by atoms with E-state index in [4.69, 9.17) is 18.9 Å². The molecule has 1 atom stereocenters. The maximum atomic E-state index is 12.0. The molecule has 0 saturated carbocycles. The van der Waals surface area contributed by atoms with Crippen molar-refractivity contribution in [3.63, 3.8) is 0 Å². The molecule has 1 aromatic carbocycles. The SMILES string of the molecule is C=CCc1ccc(OC(=O)C[C@@H]2OC(C)(C)OC2=O)c(OC)c1. The van der Waals surface area contributed by atoms with E-state index in [0.717, 1.165) is 5.56 Å². The van der Waals surface area contributed by atoms with Crippen LogP contribution in [-0.4, -0.2) is 30.9 Å². The number of benzene rings is 1. The molecule has 124 valence electrons. The van der Waals surface area contributed by atoms with Gasteiger partial charge in [0.25, 0.3) is 0 Å². The summed E-state index contributed by atoms with van der Waals surface area (Å²) in [6, 6.07) is 5.23. The van der Waals surface area contributed by atoms with Gasteiger partial charge in [-0.1, -0.05) is 12.1 Å². The number of rotatable bonds is 6. The Labute approximate surface area is 135 Å². The molecular formula is C17H20O6. The Kier molecular flexibility index (Phi) is 5.05. The van der Waals surface area contributed by atoms with E-state index < -0.39 is 23.8 Å². The van der Waals surface area contributed by atoms with Crippen LogP contribution in [0.5, 0.6) is 11.5 Å². The van der Waals surface area contributed by atoms with Gasteiger partial charge in [-0.3, -0.25) is 4.79 Å². The van der Waals surface area contributed by atoms with Crippen molar-refractivity contribution in [1.29, 1.82) is 0 Å². The molecule has 1 heterocycles. The van der Waals surface area contributed by atoms with Crippen molar-refractivity contribution in [2.75, 3.05) is 7.11 Å². The molecule has 2 rings (SSSR count). The van der Waals surface area contributed by atoms with Crippen molar-refractivity contribution >= 4 is 11.9 Å². The predicted molar refractivity (Wildman–Crippen MR) is 82.2 cm³/mol. The first kappa shape index (κ1) is 17.0. The molecule has 0 bridgehead atoms. The Hall–Kier alpha value is -2.34. The van der Waals surface area contributed by atoms with Crippen LogP contribution >= 0.6 is 0 Å². The molecule has 0 N–H and O–H groups in total. The summed E-state index contributed by atoms with van der Waals surface area (Å²) in [6.07, 6.45) is 1.27. The standard InChI is InChI=1S/C17H20O6/c1-5-6-11-7-8-12(13(9-11)20-4)21-15(18)10-14-16(19)23-17(2,3)22-14/h5,7-9,14H,1,6,10H2,2-4H3/t14-/m0/s1. The molecule has 0 unspecified atom stereocenters. The Morgan fingerprint density at radius 3 is 2.70 bits per heavy atom. The number of cyclic esters (lactones) is 1. The third-order valence-electron chi connectivity index (χ3n) is 3.22. The molecule has 1 aliphatic rings. The van der Waals surface area contributed by atoms with Crippen LogP contribution in [0.3, 0.4) is 0 Å². The van der Waals surface area contributed by atoms with Gasteiger partial charge in [0.15, 0.2) is 17.6 Å². The normalized spacial score (nSPS) is 19.1. The highest BCUT2D eigenvalue weighted by Crippen LogP contribution is 2.30. The van der Waals surface area contributed by atoms with Crippen LogP contribution in [0.2, 0.25) is 0 Å². The van der Waals surface area contributed by atoms with E-state index in [-0.39, 0.29) is 12.2 Å². The topological polar surface area (TPSA) is 71.1 Å². The summed E-state index contributed by atoms with van der Waals surface area (Å²) in [7, 11) is 1.49. The van der Waals surface area contributed by atoms with E-state index in [1.807, 2.05) is 6.07 Å². The summed E-state index contributed by atoms with van der Waals surface area (Å²) in [6.45, 7) is 6.89. The van der Waals surface area contributed by atoms with Crippen molar-refractivity contribution in [2.45, 2.75) is 38.6 Å². The lowest BCUT2D eigenvalue weighted by Gasteiger charge is -2.15. The van der Waals surface area contributed by atoms with Crippen LogP contribution in [-0.2, 0) is 25.5 Å². The zero-order valence-corrected chi connectivity index (χ0v) is 13.5. The van der Waals surface area contributed by atoms with Gasteiger partial charge in [0, 0.05) is 13.8 Å². The second-order valence-corrected chi connectivity index (χ2v) is 5.58. The molecule has 0 aliphatic carbocycles. The number of hydrogen-bond acceptors (Lipinski definition) is 6. The number of methoxy groups -OCH3 is 1. The highest BCUT2D eigenvalue weighted by atomic mass is 16.8. The van der Waals surface area contributed by atoms with E-state index in [9.17, 15) is 9.59 Å². The highest BCUT2D eigenvalue weighted by Gasteiger charge is 2.42. The zero-order chi connectivity index (χ0) is 17.0. The molecule has 1 aromatic rings. The van der Waals surface area contributed by atoms with Crippen molar-refractivity contribution in [1.82, 2.24) is 0 Å². The largest absolute Gasteiger partial charge is 0.493 e. The van der Waals surface area contributed by atoms with E-state index >= 15 is 0 Å². The van der Waals surface area contributed by atoms with Crippen molar-refractivity contribution < 1.29 is 28.5 Å². The lowest BCUT2D eigenvalue weighted by Crippen LogP contribution is -2.25. The summed E-state index contributed by atoms with van der Waals surface area (Å²) in [4.78, 5) is 23.7. The Balaban J connectivity index is 2.03. The van der Waals surface area contributed by atoms with Crippen molar-refractivity contribution in [3.8, 4) is 11.5 Å². The Bertz CT molecular complexity index is 620. The second-order valence-electron chi connectivity index (χ2n) is 5.58. The van der Waals surface area contributed by atoms with Gasteiger partial charge in [0.1, 0.15) is 0 Å². The lowest BCUT2D eigenvalue weighted by molar-refractivity contribution is -0.161. The first-order chi connectivity index (χ1) is 10.8. The smallest absolute Gasteiger partial charge is 0.338 e. The number of allylic oxidation sites excluding steroid dienone is 1. The minimum Gasteiger partial charge on any atom is -0.493 e. The highest BCUT2D eigenvalue weighted by molar-refractivity contribution is 5.84. The summed E-state index contributed by atoms with van der Waals surface area (Å²) in [5.41, 5.74) is 0.987. The van der Waals surface area contributed by atoms with E-state index in [1.165, 1.54) is 7.11 Å². The molecule has 0 radical (unpaired) electrons. The fourth-order valence-corrected chi connectivity index (χ4v) is 2.25. The maximum absolute atomic E-state index is 12.0. The number of ether oxygens (including phenoxy) is 4. The summed E-state index contributed by atoms with van der Waals surface area (Å²) >= 11 is 0. The van der Waals surface area contributed by atoms with Crippen molar-refractivity contribution in [2.24, 2.45) is 0 Å². The van der Waals surface area contributed by atoms with Crippen LogP contribution in [0, 0.1) is 0 Å². The zero-order valence-electron chi connectivity index (χ0n) is 13.5. The molecule has 1 aliphatic heterocycles. The third-order valence-corrected chi connectivity index (χ3v) is 3.22. The van der Waals surface area contributed by atoms with Gasteiger partial charge in [-0.2, -0.15) is 0 Å². The monoisotopic (exact) mass is 320 g/mol. The van der Waals surface area contributed by atoms with Gasteiger partial charge in [-0.25, -0.2) is 4.79 Å². The van der Waals surface area contributed by atoms with Crippen molar-refractivity contribution in [3.05, 3.63) is 36.4 Å². The fourth-order valence-electron chi connectivity index (χ4n) is 2.25. The molecule has 0 amide bonds. The van der Waals surface area contributed by atoms with Gasteiger partial charge in [0.2, 0.25) is 5.79 Å². The minimum atomic E-state index is -1.02. The average molecular weight is 320 g/mol. The van der Waals surface area contributed by atoms with Crippen LogP contribution in [0.15, 0.2) is 30.9 Å². The molecule has 1 fully saturated rings. The number of carbonyl (C=O) groups excluding carboxylic acids is 2. The summed E-state index contributed by atoms with van der Waals surface area (Å²) in [5.74, 6) is -1.46. The first-order valence-electron chi connectivity index (χ1n) is 7.24. The molecule has 23 heavy (non-hydrogen) atoms. The third kappa shape index (κ3) is 4.32. The summed E-state index contributed by atoms with van der Waals surface area (Å²) < 4.78 is 20.9. The van der Waals surface area contributed by atoms with Crippen LogP contribution in [0.25, 0.3) is 0 Å². The second kappa shape index (κ2) is 6.83. The van der Waals surface area contributed by atoms with Crippen LogP contribution in [0.1, 0.15) is 25.8 Å². The predicted octanol–water partition coefficient (Wildman–Crippen LogP) is 2.40. The van der Waals surface area contributed by atoms with Crippen LogP contribution < -0.4 is 9.47 Å². The maximum Gasteiger partial charge on any atom is 0.338 e. The number of esters is 2. The quantitative estimate of drug-likeness (QED) is 0.455. The van der Waals surface area contributed by atoms with Gasteiger partial charge < -0.3 is 18.9 Å². The van der Waals surface area contributed by atoms with E-state index in [1.54, 1.807) is 32.1 Å². The Morgan fingerprint density at radius 2 is 2.13 bits per heavy atom. The Morgan fingerprint density at radius 1 is 1.39 bits per heavy atom. The summed E-state index contributed by atoms with van der Waals surface area (Å²) in [5, 5.41) is 0. The van der Waals surface area contributed by atoms with Gasteiger partial charge in [0.05, 0.1) is 13.5 Å². The van der Waals surface area contributed by atoms with E-state index in [0.29, 0.717) is 12.2 Å². The molecule has 0 spiro atoms. The van der Waals surface area contributed by atoms with Gasteiger partial charge in [-0.15, -0.1) is 6.58 Å². The van der Waals surface area contributed by atoms with E-state index in [2.05, 4.69) is 6.58 Å². The molecule has 1 saturated heterocycles. The lowest BCUT2D eigenvalue weighted by atomic mass is 10.1. The van der Waals surface area contributed by atoms with Gasteiger partial charge in [-0.05, 0) is 24.1 Å². The molecular weight excluding hydrogens is 300 g/mol. The van der Waals surface area contributed by atoms with Gasteiger partial charge >= 0.3 is 11.9 Å². The molecule has 0 aromatic heterocycles. The number of carbonyl (C=O) groups is 2. The molecule has 6 heteroatoms. The first-order valence-corrected chi connectivity index (χ1v) is 7.24. The van der Waals surface area contributed by atoms with Crippen LogP contribution in [0.4, 0.5) is 0 Å². The average Bonchev–Trinajstić information content (AvgIpc) is 2.73. The fraction of sp³-hybridized carbons (Fsp3) is 0.412. The number of hydrogen-bond donors (Lipinski definition) is 0. The minimum absolute atomic E-state index is 0.222.